The van der Waals surface area contributed by atoms with Crippen LogP contribution >= 0.6 is 0 Å². The molecular formula is C48H90O12. The molecule has 60 heavy (non-hydrogen) atoms. The molecule has 0 aliphatic carbocycles. The Labute approximate surface area is 364 Å². The number of aliphatic carboxylic acids is 6. The van der Waals surface area contributed by atoms with Gasteiger partial charge in [0.15, 0.2) is 0 Å². The van der Waals surface area contributed by atoms with Gasteiger partial charge >= 0.3 is 35.8 Å². The van der Waals surface area contributed by atoms with Gasteiger partial charge in [-0.2, -0.15) is 0 Å². The summed E-state index contributed by atoms with van der Waals surface area (Å²) in [7, 11) is 0. The van der Waals surface area contributed by atoms with E-state index in [4.69, 9.17) is 30.6 Å². The van der Waals surface area contributed by atoms with Crippen molar-refractivity contribution in [2.45, 2.75) is 270 Å². The Hall–Kier alpha value is -3.18. The van der Waals surface area contributed by atoms with Crippen LogP contribution in [0.3, 0.4) is 0 Å². The zero-order chi connectivity index (χ0) is 45.2. The maximum atomic E-state index is 10.3. The minimum atomic E-state index is -0.687. The van der Waals surface area contributed by atoms with Crippen molar-refractivity contribution in [2.75, 3.05) is 0 Å². The molecule has 0 aromatic heterocycles. The van der Waals surface area contributed by atoms with Gasteiger partial charge in [0.25, 0.3) is 0 Å². The molecule has 0 aliphatic rings. The predicted octanol–water partition coefficient (Wildman–Crippen LogP) is 13.9. The molecule has 0 unspecified atom stereocenters. The lowest BCUT2D eigenvalue weighted by Crippen LogP contribution is -1.93. The molecule has 12 nitrogen and oxygen atoms in total. The van der Waals surface area contributed by atoms with Gasteiger partial charge in [0.2, 0.25) is 0 Å². The Morgan fingerprint density at radius 3 is 0.283 bits per heavy atom. The molecule has 0 aromatic rings. The first-order chi connectivity index (χ1) is 28.9. The second kappa shape index (κ2) is 52.0. The number of carboxylic acid groups (broad SMARTS) is 6. The molecule has 0 saturated heterocycles. The van der Waals surface area contributed by atoms with E-state index in [0.29, 0.717) is 38.5 Å². The van der Waals surface area contributed by atoms with Crippen molar-refractivity contribution in [3.63, 3.8) is 0 Å². The maximum Gasteiger partial charge on any atom is 0.303 e. The quantitative estimate of drug-likeness (QED) is 0.0315. The van der Waals surface area contributed by atoms with E-state index in [1.807, 2.05) is 0 Å². The largest absolute Gasteiger partial charge is 0.481 e. The van der Waals surface area contributed by atoms with Crippen molar-refractivity contribution >= 4 is 35.8 Å². The number of carboxylic acids is 6. The predicted molar refractivity (Wildman–Crippen MR) is 240 cm³/mol. The van der Waals surface area contributed by atoms with Crippen molar-refractivity contribution < 1.29 is 59.4 Å². The Morgan fingerprint density at radius 2 is 0.217 bits per heavy atom. The number of rotatable bonds is 45. The van der Waals surface area contributed by atoms with Crippen LogP contribution in [0.4, 0.5) is 0 Å². The third-order valence-corrected chi connectivity index (χ3v) is 10.6. The lowest BCUT2D eigenvalue weighted by molar-refractivity contribution is -0.138. The number of carbonyl (C=O) groups is 6. The second-order valence-corrected chi connectivity index (χ2v) is 16.6. The molecule has 0 aliphatic heterocycles. The highest BCUT2D eigenvalue weighted by Gasteiger charge is 2.01. The van der Waals surface area contributed by atoms with Crippen LogP contribution in [-0.4, -0.2) is 66.5 Å². The fourth-order valence-electron chi connectivity index (χ4n) is 6.96. The Kier molecular flexibility index (Phi) is 52.9. The van der Waals surface area contributed by atoms with E-state index in [1.165, 1.54) is 116 Å². The Morgan fingerprint density at radius 1 is 0.150 bits per heavy atom. The summed E-state index contributed by atoms with van der Waals surface area (Å²) < 4.78 is 0. The highest BCUT2D eigenvalue weighted by molar-refractivity contribution is 5.68. The van der Waals surface area contributed by atoms with Gasteiger partial charge in [0.1, 0.15) is 0 Å². The molecule has 0 heterocycles. The van der Waals surface area contributed by atoms with Gasteiger partial charge in [-0.15, -0.1) is 0 Å². The van der Waals surface area contributed by atoms with Gasteiger partial charge < -0.3 is 30.6 Å². The zero-order valence-corrected chi connectivity index (χ0v) is 37.8. The van der Waals surface area contributed by atoms with Gasteiger partial charge in [-0.25, -0.2) is 0 Å². The lowest BCUT2D eigenvalue weighted by atomic mass is 10.0. The molecule has 354 valence electrons. The van der Waals surface area contributed by atoms with Crippen LogP contribution in [0.2, 0.25) is 0 Å². The van der Waals surface area contributed by atoms with Crippen LogP contribution < -0.4 is 0 Å². The molecule has 6 N–H and O–H groups in total. The van der Waals surface area contributed by atoms with E-state index in [0.717, 1.165) is 116 Å². The summed E-state index contributed by atoms with van der Waals surface area (Å²) in [6.45, 7) is 0. The third kappa shape index (κ3) is 69.4. The van der Waals surface area contributed by atoms with Crippen LogP contribution in [0.25, 0.3) is 0 Å². The van der Waals surface area contributed by atoms with E-state index in [9.17, 15) is 28.8 Å². The molecule has 0 fully saturated rings. The first-order valence-electron chi connectivity index (χ1n) is 24.2. The lowest BCUT2D eigenvalue weighted by Gasteiger charge is -2.02. The first-order valence-corrected chi connectivity index (χ1v) is 24.2. The van der Waals surface area contributed by atoms with Crippen molar-refractivity contribution in [3.8, 4) is 0 Å². The Balaban J connectivity index is -0.000000812. The summed E-state index contributed by atoms with van der Waals surface area (Å²) in [4.78, 5) is 61.8. The van der Waals surface area contributed by atoms with Crippen LogP contribution in [0, 0.1) is 0 Å². The summed E-state index contributed by atoms with van der Waals surface area (Å²) in [5.41, 5.74) is 0. The first kappa shape index (κ1) is 61.1. The van der Waals surface area contributed by atoms with E-state index >= 15 is 0 Å². The summed E-state index contributed by atoms with van der Waals surface area (Å²) in [5.74, 6) is -4.12. The summed E-state index contributed by atoms with van der Waals surface area (Å²) in [6, 6.07) is 0. The minimum Gasteiger partial charge on any atom is -0.481 e. The Bertz CT molecular complexity index is 798. The monoisotopic (exact) mass is 859 g/mol. The molecule has 0 radical (unpaired) electrons. The maximum absolute atomic E-state index is 10.3. The van der Waals surface area contributed by atoms with E-state index in [2.05, 4.69) is 0 Å². The third-order valence-electron chi connectivity index (χ3n) is 10.6. The van der Waals surface area contributed by atoms with Gasteiger partial charge in [-0.1, -0.05) is 193 Å². The molecule has 0 amide bonds. The number of hydrogen-bond acceptors (Lipinski definition) is 6. The SMILES string of the molecule is O=C(O)CCCCCCCCCCCCCCC(=O)O.O=C(O)CCCCCCCCCCCCCCC(=O)O.O=C(O)CCCCCCCCCCCCCCC(=O)O. The van der Waals surface area contributed by atoms with Crippen molar-refractivity contribution in [1.29, 1.82) is 0 Å². The van der Waals surface area contributed by atoms with E-state index < -0.39 is 35.8 Å². The van der Waals surface area contributed by atoms with Crippen LogP contribution in [0.15, 0.2) is 0 Å². The number of hydrogen-bond donors (Lipinski definition) is 6. The smallest absolute Gasteiger partial charge is 0.303 e. The fourth-order valence-corrected chi connectivity index (χ4v) is 6.96. The molecule has 0 rings (SSSR count). The average Bonchev–Trinajstić information content (AvgIpc) is 3.18. The highest BCUT2D eigenvalue weighted by Crippen LogP contribution is 2.15. The van der Waals surface area contributed by atoms with Crippen LogP contribution in [-0.2, 0) is 28.8 Å². The van der Waals surface area contributed by atoms with Gasteiger partial charge in [0, 0.05) is 38.5 Å². The molecule has 0 spiro atoms. The highest BCUT2D eigenvalue weighted by atomic mass is 16.4. The molecular weight excluding hydrogens is 769 g/mol. The van der Waals surface area contributed by atoms with E-state index in [-0.39, 0.29) is 0 Å². The molecule has 0 bridgehead atoms. The summed E-state index contributed by atoms with van der Waals surface area (Å²) in [6.07, 6.45) is 42.4. The molecule has 0 atom stereocenters. The molecule has 12 heteroatoms. The standard InChI is InChI=1S/3C16H30O4/c3*17-15(18)13-11-9-7-5-3-1-2-4-6-8-10-12-14-16(19)20/h3*1-14H2,(H,17,18)(H,19,20). The van der Waals surface area contributed by atoms with Crippen molar-refractivity contribution in [1.82, 2.24) is 0 Å². The van der Waals surface area contributed by atoms with Gasteiger partial charge in [-0.05, 0) is 38.5 Å². The summed E-state index contributed by atoms with van der Waals surface area (Å²) >= 11 is 0. The van der Waals surface area contributed by atoms with Crippen molar-refractivity contribution in [2.24, 2.45) is 0 Å². The van der Waals surface area contributed by atoms with E-state index in [1.54, 1.807) is 0 Å². The van der Waals surface area contributed by atoms with Crippen LogP contribution in [0.1, 0.15) is 270 Å². The number of unbranched alkanes of at least 4 members (excludes halogenated alkanes) is 33. The summed E-state index contributed by atoms with van der Waals surface area (Å²) in [5, 5.41) is 50.9. The molecule has 0 saturated carbocycles. The fraction of sp³-hybridized carbons (Fsp3) is 0.875. The van der Waals surface area contributed by atoms with Crippen LogP contribution in [0.5, 0.6) is 0 Å². The topological polar surface area (TPSA) is 224 Å². The van der Waals surface area contributed by atoms with Gasteiger partial charge in [-0.3, -0.25) is 28.8 Å². The normalized spacial score (nSPS) is 10.6. The average molecular weight is 859 g/mol. The second-order valence-electron chi connectivity index (χ2n) is 16.6. The zero-order valence-electron chi connectivity index (χ0n) is 37.8. The van der Waals surface area contributed by atoms with Crippen molar-refractivity contribution in [3.05, 3.63) is 0 Å². The molecule has 0 aromatic carbocycles. The minimum absolute atomic E-state index is 0.307. The van der Waals surface area contributed by atoms with Gasteiger partial charge in [0.05, 0.1) is 0 Å².